The van der Waals surface area contributed by atoms with Crippen molar-refractivity contribution in [2.45, 2.75) is 57.5 Å². The number of nitrogens with zero attached hydrogens (tertiary/aromatic N) is 2. The lowest BCUT2D eigenvalue weighted by Crippen LogP contribution is -2.65. The number of rotatable bonds is 4. The zero-order chi connectivity index (χ0) is 22.3. The second kappa shape index (κ2) is 8.26. The Morgan fingerprint density at radius 1 is 1.12 bits per heavy atom. The Morgan fingerprint density at radius 2 is 1.84 bits per heavy atom. The maximum absolute atomic E-state index is 13.2. The molecule has 2 aromatic carbocycles. The number of hydrogen-bond acceptors (Lipinski definition) is 4. The molecule has 0 radical (unpaired) electrons. The summed E-state index contributed by atoms with van der Waals surface area (Å²) in [7, 11) is 0. The fourth-order valence-corrected chi connectivity index (χ4v) is 5.98. The molecule has 2 fully saturated rings. The summed E-state index contributed by atoms with van der Waals surface area (Å²) in [5, 5.41) is 16.4. The predicted molar refractivity (Wildman–Crippen MR) is 128 cm³/mol. The van der Waals surface area contributed by atoms with E-state index < -0.39 is 5.66 Å². The molecule has 0 spiro atoms. The van der Waals surface area contributed by atoms with E-state index in [9.17, 15) is 4.79 Å². The largest absolute Gasteiger partial charge is 0.362 e. The summed E-state index contributed by atoms with van der Waals surface area (Å²) >= 11 is 0. The highest BCUT2D eigenvalue weighted by molar-refractivity contribution is 5.95. The van der Waals surface area contributed by atoms with Crippen molar-refractivity contribution in [1.82, 2.24) is 5.32 Å². The Balaban J connectivity index is 1.54. The third-order valence-corrected chi connectivity index (χ3v) is 7.68. The van der Waals surface area contributed by atoms with Crippen LogP contribution < -0.4 is 15.5 Å². The number of nitrogens with one attached hydrogen (secondary N) is 2. The van der Waals surface area contributed by atoms with Crippen LogP contribution in [-0.2, 0) is 11.2 Å². The average Bonchev–Trinajstić information content (AvgIpc) is 3.66. The van der Waals surface area contributed by atoms with Crippen molar-refractivity contribution in [3.05, 3.63) is 59.2 Å². The first-order valence-electron chi connectivity index (χ1n) is 12.0. The van der Waals surface area contributed by atoms with Gasteiger partial charge in [-0.05, 0) is 92.6 Å². The normalized spacial score (nSPS) is 25.7. The van der Waals surface area contributed by atoms with Crippen molar-refractivity contribution >= 4 is 17.3 Å². The first-order chi connectivity index (χ1) is 15.5. The van der Waals surface area contributed by atoms with Gasteiger partial charge in [-0.3, -0.25) is 9.69 Å². The van der Waals surface area contributed by atoms with Crippen molar-refractivity contribution in [2.24, 2.45) is 11.8 Å². The van der Waals surface area contributed by atoms with Crippen LogP contribution in [0.1, 0.15) is 62.1 Å². The second-order valence-corrected chi connectivity index (χ2v) is 9.79. The molecule has 2 N–H and O–H groups in total. The number of hydrogen-bond donors (Lipinski definition) is 2. The Labute approximate surface area is 190 Å². The molecule has 0 unspecified atom stereocenters. The van der Waals surface area contributed by atoms with E-state index in [1.165, 1.54) is 24.0 Å². The van der Waals surface area contributed by atoms with E-state index in [1.807, 2.05) is 24.3 Å². The smallest absolute Gasteiger partial charge is 0.225 e. The summed E-state index contributed by atoms with van der Waals surface area (Å²) in [5.74, 6) is 1.38. The number of anilines is 2. The van der Waals surface area contributed by atoms with E-state index in [-0.39, 0.29) is 11.8 Å². The molecule has 5 rings (SSSR count). The molecule has 2 aliphatic heterocycles. The van der Waals surface area contributed by atoms with Crippen LogP contribution in [0.2, 0.25) is 0 Å². The van der Waals surface area contributed by atoms with Crippen molar-refractivity contribution in [3.63, 3.8) is 0 Å². The van der Waals surface area contributed by atoms with Crippen LogP contribution in [-0.4, -0.2) is 24.7 Å². The molecule has 3 aliphatic rings. The van der Waals surface area contributed by atoms with Crippen molar-refractivity contribution in [3.8, 4) is 6.07 Å². The molecule has 5 nitrogen and oxygen atoms in total. The SMILES string of the molecule is CC(=O)N1c2ccc(C3CCNCC3)cc2C[C@@H](C)[C@@]1(Nc1ccc(C#N)cc1)C1CC1. The minimum Gasteiger partial charge on any atom is -0.362 e. The molecule has 1 saturated carbocycles. The minimum atomic E-state index is -0.441. The molecule has 2 atom stereocenters. The Bertz CT molecular complexity index is 1050. The number of nitriles is 1. The summed E-state index contributed by atoms with van der Waals surface area (Å²) in [6, 6.07) is 16.6. The van der Waals surface area contributed by atoms with Gasteiger partial charge in [0.05, 0.1) is 11.6 Å². The third-order valence-electron chi connectivity index (χ3n) is 7.68. The number of benzene rings is 2. The zero-order valence-corrected chi connectivity index (χ0v) is 19.0. The van der Waals surface area contributed by atoms with Crippen LogP contribution in [0.25, 0.3) is 0 Å². The summed E-state index contributed by atoms with van der Waals surface area (Å²) in [4.78, 5) is 15.2. The van der Waals surface area contributed by atoms with Crippen LogP contribution in [0.5, 0.6) is 0 Å². The summed E-state index contributed by atoms with van der Waals surface area (Å²) in [6.45, 7) is 6.14. The molecule has 1 saturated heterocycles. The zero-order valence-electron chi connectivity index (χ0n) is 19.0. The van der Waals surface area contributed by atoms with Crippen molar-refractivity contribution in [2.75, 3.05) is 23.3 Å². The van der Waals surface area contributed by atoms with Gasteiger partial charge < -0.3 is 10.6 Å². The molecular weight excluding hydrogens is 396 g/mol. The maximum Gasteiger partial charge on any atom is 0.225 e. The fourth-order valence-electron chi connectivity index (χ4n) is 5.98. The highest BCUT2D eigenvalue weighted by Gasteiger charge is 2.56. The quantitative estimate of drug-likeness (QED) is 0.735. The lowest BCUT2D eigenvalue weighted by atomic mass is 9.77. The summed E-state index contributed by atoms with van der Waals surface area (Å²) in [6.07, 6.45) is 5.56. The van der Waals surface area contributed by atoms with Crippen LogP contribution in [0.3, 0.4) is 0 Å². The van der Waals surface area contributed by atoms with Crippen molar-refractivity contribution in [1.29, 1.82) is 5.26 Å². The lowest BCUT2D eigenvalue weighted by molar-refractivity contribution is -0.118. The molecule has 2 heterocycles. The Morgan fingerprint density at radius 3 is 2.47 bits per heavy atom. The van der Waals surface area contributed by atoms with Gasteiger partial charge in [0.2, 0.25) is 5.91 Å². The number of piperidine rings is 1. The van der Waals surface area contributed by atoms with Gasteiger partial charge in [-0.15, -0.1) is 0 Å². The van der Waals surface area contributed by atoms with E-state index in [0.717, 1.165) is 43.7 Å². The number of fused-ring (bicyclic) bond motifs is 1. The molecule has 2 aromatic rings. The predicted octanol–water partition coefficient (Wildman–Crippen LogP) is 4.79. The molecule has 32 heavy (non-hydrogen) atoms. The van der Waals surface area contributed by atoms with Gasteiger partial charge in [-0.2, -0.15) is 5.26 Å². The first-order valence-corrected chi connectivity index (χ1v) is 12.0. The third kappa shape index (κ3) is 3.57. The summed E-state index contributed by atoms with van der Waals surface area (Å²) in [5.41, 5.74) is 4.93. The Hall–Kier alpha value is -2.84. The standard InChI is InChI=1S/C27H32N4O/c1-18-15-23-16-22(21-11-13-29-14-12-21)5-10-26(23)31(19(2)32)27(18,24-6-7-24)30-25-8-3-20(17-28)4-9-25/h3-5,8-10,16,18,21,24,29-30H,6-7,11-15H2,1-2H3/t18-,27+/m1/s1. The fraction of sp³-hybridized carbons (Fsp3) is 0.481. The number of carbonyl (C=O) groups excluding carboxylic acids is 1. The topological polar surface area (TPSA) is 68.2 Å². The van der Waals surface area contributed by atoms with Gasteiger partial charge in [0.1, 0.15) is 5.66 Å². The van der Waals surface area contributed by atoms with E-state index in [1.54, 1.807) is 6.92 Å². The van der Waals surface area contributed by atoms with Crippen LogP contribution >= 0.6 is 0 Å². The summed E-state index contributed by atoms with van der Waals surface area (Å²) < 4.78 is 0. The van der Waals surface area contributed by atoms with Gasteiger partial charge in [-0.1, -0.05) is 19.1 Å². The molecule has 1 aliphatic carbocycles. The molecule has 1 amide bonds. The van der Waals surface area contributed by atoms with E-state index in [2.05, 4.69) is 46.7 Å². The maximum atomic E-state index is 13.2. The van der Waals surface area contributed by atoms with E-state index >= 15 is 0 Å². The highest BCUT2D eigenvalue weighted by atomic mass is 16.2. The van der Waals surface area contributed by atoms with Crippen LogP contribution in [0.4, 0.5) is 11.4 Å². The van der Waals surface area contributed by atoms with Gasteiger partial charge >= 0.3 is 0 Å². The number of amides is 1. The number of carbonyl (C=O) groups is 1. The Kier molecular flexibility index (Phi) is 5.43. The second-order valence-electron chi connectivity index (χ2n) is 9.79. The van der Waals surface area contributed by atoms with Crippen molar-refractivity contribution < 1.29 is 4.79 Å². The van der Waals surface area contributed by atoms with E-state index in [0.29, 0.717) is 17.4 Å². The van der Waals surface area contributed by atoms with E-state index in [4.69, 9.17) is 5.26 Å². The highest BCUT2D eigenvalue weighted by Crippen LogP contribution is 2.53. The minimum absolute atomic E-state index is 0.0838. The molecular formula is C27H32N4O. The van der Waals surface area contributed by atoms with Gasteiger partial charge in [-0.25, -0.2) is 0 Å². The van der Waals surface area contributed by atoms with Crippen LogP contribution in [0, 0.1) is 23.2 Å². The van der Waals surface area contributed by atoms with Gasteiger partial charge in [0, 0.05) is 30.1 Å². The molecule has 166 valence electrons. The first kappa shape index (κ1) is 21.0. The van der Waals surface area contributed by atoms with Gasteiger partial charge in [0.25, 0.3) is 0 Å². The average molecular weight is 429 g/mol. The monoisotopic (exact) mass is 428 g/mol. The molecule has 0 aromatic heterocycles. The lowest BCUT2D eigenvalue weighted by Gasteiger charge is -2.53. The van der Waals surface area contributed by atoms with Crippen LogP contribution in [0.15, 0.2) is 42.5 Å². The molecule has 5 heteroatoms. The van der Waals surface area contributed by atoms with Gasteiger partial charge in [0.15, 0.2) is 0 Å². The molecule has 0 bridgehead atoms.